The fourth-order valence-electron chi connectivity index (χ4n) is 2.72. The van der Waals surface area contributed by atoms with Crippen LogP contribution in [0.15, 0.2) is 79.9 Å². The maximum Gasteiger partial charge on any atom is 0.337 e. The number of carbonyl (C=O) groups is 2. The summed E-state index contributed by atoms with van der Waals surface area (Å²) in [4.78, 5) is 21.7. The lowest BCUT2D eigenvalue weighted by Gasteiger charge is -2.10. The Morgan fingerprint density at radius 2 is 1.44 bits per heavy atom. The first-order chi connectivity index (χ1) is 16.0. The molecule has 0 atom stereocenters. The second-order valence-corrected chi connectivity index (χ2v) is 8.01. The smallest absolute Gasteiger partial charge is 0.337 e. The first-order valence-electron chi connectivity index (χ1n) is 9.17. The van der Waals surface area contributed by atoms with Crippen molar-refractivity contribution >= 4 is 56.2 Å². The third-order valence-corrected chi connectivity index (χ3v) is 5.25. The third-order valence-electron chi connectivity index (χ3n) is 4.36. The van der Waals surface area contributed by atoms with Gasteiger partial charge in [-0.25, -0.2) is 9.59 Å². The molecule has 0 aromatic heterocycles. The minimum absolute atomic E-state index is 0.0630. The van der Waals surface area contributed by atoms with E-state index in [1.54, 1.807) is 0 Å². The van der Waals surface area contributed by atoms with Crippen molar-refractivity contribution in [2.75, 3.05) is 11.5 Å². The molecule has 0 bridgehead atoms. The van der Waals surface area contributed by atoms with E-state index >= 15 is 0 Å². The summed E-state index contributed by atoms with van der Waals surface area (Å²) in [7, 11) is -4.86. The quantitative estimate of drug-likeness (QED) is 0.182. The number of hydrogen-bond acceptors (Lipinski definition) is 10. The zero-order valence-electron chi connectivity index (χ0n) is 17.0. The summed E-state index contributed by atoms with van der Waals surface area (Å²) in [5, 5.41) is 33.6. The topological polar surface area (TPSA) is 230 Å². The molecule has 7 N–H and O–H groups in total. The molecule has 14 heteroatoms. The highest BCUT2D eigenvalue weighted by molar-refractivity contribution is 7.86. The van der Waals surface area contributed by atoms with Crippen LogP contribution in [0.1, 0.15) is 20.7 Å². The Morgan fingerprint density at radius 3 is 2.09 bits per heavy atom. The minimum atomic E-state index is -4.86. The van der Waals surface area contributed by atoms with Crippen molar-refractivity contribution in [2.24, 2.45) is 20.5 Å². The van der Waals surface area contributed by atoms with Gasteiger partial charge in [0.25, 0.3) is 10.1 Å². The Hall–Kier alpha value is -4.69. The van der Waals surface area contributed by atoms with Gasteiger partial charge in [0.05, 0.1) is 28.2 Å². The van der Waals surface area contributed by atoms with E-state index in [0.717, 1.165) is 6.07 Å². The highest BCUT2D eigenvalue weighted by Gasteiger charge is 2.22. The second-order valence-electron chi connectivity index (χ2n) is 6.62. The molecule has 3 rings (SSSR count). The molecule has 174 valence electrons. The largest absolute Gasteiger partial charge is 0.478 e. The van der Waals surface area contributed by atoms with Crippen molar-refractivity contribution in [2.45, 2.75) is 4.90 Å². The van der Waals surface area contributed by atoms with Gasteiger partial charge in [-0.1, -0.05) is 18.2 Å². The van der Waals surface area contributed by atoms with Crippen LogP contribution in [0.3, 0.4) is 0 Å². The fraction of sp³-hybridized carbons (Fsp3) is 0. The Balaban J connectivity index is 2.14. The average molecular weight is 484 g/mol. The number of nitrogen functional groups attached to an aromatic ring is 2. The lowest BCUT2D eigenvalue weighted by Crippen LogP contribution is -2.05. The van der Waals surface area contributed by atoms with E-state index in [-0.39, 0.29) is 33.9 Å². The molecule has 0 spiro atoms. The highest BCUT2D eigenvalue weighted by Crippen LogP contribution is 2.43. The van der Waals surface area contributed by atoms with Gasteiger partial charge in [-0.05, 0) is 36.4 Å². The van der Waals surface area contributed by atoms with E-state index in [0.29, 0.717) is 0 Å². The number of azo groups is 2. The van der Waals surface area contributed by atoms with Gasteiger partial charge in [0, 0.05) is 0 Å². The molecular formula is C20H16N6O7S. The van der Waals surface area contributed by atoms with E-state index < -0.39 is 38.3 Å². The van der Waals surface area contributed by atoms with Crippen LogP contribution in [0.25, 0.3) is 0 Å². The van der Waals surface area contributed by atoms with Crippen LogP contribution in [0.4, 0.5) is 34.1 Å². The normalized spacial score (nSPS) is 11.8. The third kappa shape index (κ3) is 5.20. The van der Waals surface area contributed by atoms with Crippen LogP contribution in [0.2, 0.25) is 0 Å². The molecule has 0 fully saturated rings. The van der Waals surface area contributed by atoms with E-state index in [1.807, 2.05) is 0 Å². The first-order valence-corrected chi connectivity index (χ1v) is 10.6. The lowest BCUT2D eigenvalue weighted by atomic mass is 10.2. The molecule has 0 aliphatic rings. The molecule has 34 heavy (non-hydrogen) atoms. The average Bonchev–Trinajstić information content (AvgIpc) is 2.78. The summed E-state index contributed by atoms with van der Waals surface area (Å²) in [5.74, 6) is -2.47. The van der Waals surface area contributed by atoms with Gasteiger partial charge in [0.2, 0.25) is 0 Å². The van der Waals surface area contributed by atoms with Gasteiger partial charge in [0.15, 0.2) is 0 Å². The molecule has 0 amide bonds. The van der Waals surface area contributed by atoms with Crippen LogP contribution in [0, 0.1) is 0 Å². The van der Waals surface area contributed by atoms with Crippen LogP contribution in [0.5, 0.6) is 0 Å². The molecule has 3 aromatic rings. The predicted octanol–water partition coefficient (Wildman–Crippen LogP) is 4.32. The summed E-state index contributed by atoms with van der Waals surface area (Å²) in [6.45, 7) is 0. The molecule has 13 nitrogen and oxygen atoms in total. The summed E-state index contributed by atoms with van der Waals surface area (Å²) >= 11 is 0. The van der Waals surface area contributed by atoms with Gasteiger partial charge in [0.1, 0.15) is 22.0 Å². The Kier molecular flexibility index (Phi) is 6.65. The molecule has 3 aromatic carbocycles. The van der Waals surface area contributed by atoms with Crippen molar-refractivity contribution in [3.05, 3.63) is 65.7 Å². The number of benzene rings is 3. The number of aromatic carboxylic acids is 2. The molecule has 0 aliphatic carbocycles. The van der Waals surface area contributed by atoms with Gasteiger partial charge in [-0.15, -0.1) is 15.3 Å². The van der Waals surface area contributed by atoms with Crippen LogP contribution < -0.4 is 11.5 Å². The summed E-state index contributed by atoms with van der Waals surface area (Å²) in [5.41, 5.74) is 10.1. The monoisotopic (exact) mass is 484 g/mol. The minimum Gasteiger partial charge on any atom is -0.478 e. The lowest BCUT2D eigenvalue weighted by molar-refractivity contribution is 0.0686. The zero-order valence-corrected chi connectivity index (χ0v) is 17.8. The number of rotatable bonds is 7. The standard InChI is InChI=1S/C20H16N6O7S/c21-16-14(25-23-11-5-3-4-10(8-11)19(27)28)9-15(34(31,32)33)17(22)18(16)26-24-13-7-2-1-6-12(13)20(29)30/h1-9H,21-22H2,(H,27,28)(H,29,30)(H,31,32,33). The molecule has 0 saturated carbocycles. The molecule has 0 aliphatic heterocycles. The highest BCUT2D eigenvalue weighted by atomic mass is 32.2. The van der Waals surface area contributed by atoms with Gasteiger partial charge in [-0.2, -0.15) is 13.5 Å². The molecule has 0 heterocycles. The van der Waals surface area contributed by atoms with Crippen molar-refractivity contribution in [1.82, 2.24) is 0 Å². The predicted molar refractivity (Wildman–Crippen MR) is 120 cm³/mol. The second kappa shape index (κ2) is 9.43. The molecule has 0 unspecified atom stereocenters. The number of nitrogens with two attached hydrogens (primary N) is 2. The van der Waals surface area contributed by atoms with E-state index in [1.165, 1.54) is 48.5 Å². The number of hydrogen-bond donors (Lipinski definition) is 5. The summed E-state index contributed by atoms with van der Waals surface area (Å²) in [6.07, 6.45) is 0. The van der Waals surface area contributed by atoms with Crippen molar-refractivity contribution in [3.8, 4) is 0 Å². The maximum atomic E-state index is 11.8. The van der Waals surface area contributed by atoms with Crippen LogP contribution in [-0.4, -0.2) is 35.1 Å². The number of nitrogens with zero attached hydrogens (tertiary/aromatic N) is 4. The van der Waals surface area contributed by atoms with Crippen molar-refractivity contribution in [1.29, 1.82) is 0 Å². The molecule has 0 radical (unpaired) electrons. The Labute approximate surface area is 191 Å². The maximum absolute atomic E-state index is 11.8. The van der Waals surface area contributed by atoms with Crippen molar-refractivity contribution < 1.29 is 32.8 Å². The Bertz CT molecular complexity index is 1470. The zero-order chi connectivity index (χ0) is 25.0. The van der Waals surface area contributed by atoms with E-state index in [9.17, 15) is 27.7 Å². The van der Waals surface area contributed by atoms with E-state index in [4.69, 9.17) is 16.6 Å². The van der Waals surface area contributed by atoms with Gasteiger partial charge >= 0.3 is 11.9 Å². The Morgan fingerprint density at radius 1 is 0.765 bits per heavy atom. The molecular weight excluding hydrogens is 468 g/mol. The fourth-order valence-corrected chi connectivity index (χ4v) is 3.36. The summed E-state index contributed by atoms with van der Waals surface area (Å²) < 4.78 is 33.2. The first kappa shape index (κ1) is 24.0. The number of anilines is 2. The van der Waals surface area contributed by atoms with Gasteiger partial charge in [-0.3, -0.25) is 4.55 Å². The number of carboxylic acids is 2. The molecule has 0 saturated heterocycles. The van der Waals surface area contributed by atoms with E-state index in [2.05, 4.69) is 20.5 Å². The SMILES string of the molecule is Nc1c(N=Nc2cccc(C(=O)O)c2)cc(S(=O)(=O)O)c(N)c1N=Nc1ccccc1C(=O)O. The number of carboxylic acid groups (broad SMARTS) is 2. The van der Waals surface area contributed by atoms with Crippen LogP contribution in [-0.2, 0) is 10.1 Å². The van der Waals surface area contributed by atoms with Gasteiger partial charge < -0.3 is 21.7 Å². The van der Waals surface area contributed by atoms with Crippen molar-refractivity contribution in [3.63, 3.8) is 0 Å². The van der Waals surface area contributed by atoms with Crippen LogP contribution >= 0.6 is 0 Å². The summed E-state index contributed by atoms with van der Waals surface area (Å²) in [6, 6.07) is 11.9.